The zero-order valence-electron chi connectivity index (χ0n) is 18.4. The Morgan fingerprint density at radius 3 is 2.91 bits per heavy atom. The van der Waals surface area contributed by atoms with Crippen molar-refractivity contribution in [3.05, 3.63) is 71.9 Å². The molecule has 3 N–H and O–H groups in total. The number of hydrogen-bond donors (Lipinski definition) is 3. The lowest BCUT2D eigenvalue weighted by Crippen LogP contribution is -2.40. The normalized spacial score (nSPS) is 14.7. The summed E-state index contributed by atoms with van der Waals surface area (Å²) in [5.74, 6) is 1.47. The summed E-state index contributed by atoms with van der Waals surface area (Å²) in [7, 11) is 1.68. The number of ether oxygens (including phenoxy) is 2. The third-order valence-electron chi connectivity index (χ3n) is 5.85. The van der Waals surface area contributed by atoms with Gasteiger partial charge >= 0.3 is 0 Å². The number of nitrogens with zero attached hydrogens (tertiary/aromatic N) is 2. The van der Waals surface area contributed by atoms with Gasteiger partial charge in [0, 0.05) is 34.9 Å². The number of pyridine rings is 1. The lowest BCUT2D eigenvalue weighted by molar-refractivity contribution is 0.194. The zero-order valence-corrected chi connectivity index (χ0v) is 18.4. The van der Waals surface area contributed by atoms with Gasteiger partial charge in [0.25, 0.3) is 0 Å². The van der Waals surface area contributed by atoms with Crippen molar-refractivity contribution in [1.29, 1.82) is 5.26 Å². The number of hydrogen-bond acceptors (Lipinski definition) is 6. The van der Waals surface area contributed by atoms with E-state index in [9.17, 15) is 0 Å². The predicted molar refractivity (Wildman–Crippen MR) is 129 cm³/mol. The minimum absolute atomic E-state index is 0.00847. The summed E-state index contributed by atoms with van der Waals surface area (Å²) >= 11 is 0. The van der Waals surface area contributed by atoms with Crippen LogP contribution in [0.2, 0.25) is 0 Å². The van der Waals surface area contributed by atoms with Crippen LogP contribution in [0.15, 0.2) is 60.8 Å². The number of benzene rings is 2. The lowest BCUT2D eigenvalue weighted by atomic mass is 10.1. The number of rotatable bonds is 7. The van der Waals surface area contributed by atoms with Gasteiger partial charge in [-0.1, -0.05) is 18.2 Å². The molecule has 2 aromatic heterocycles. The van der Waals surface area contributed by atoms with Crippen LogP contribution in [-0.2, 0) is 6.42 Å². The highest BCUT2D eigenvalue weighted by atomic mass is 16.5. The van der Waals surface area contributed by atoms with E-state index >= 15 is 0 Å². The molecular formula is C26H25N5O2. The number of nitriles is 1. The molecule has 1 aliphatic heterocycles. The number of aromatic amines is 1. The molecular weight excluding hydrogens is 414 g/mol. The fourth-order valence-electron chi connectivity index (χ4n) is 4.06. The first kappa shape index (κ1) is 20.9. The lowest BCUT2D eigenvalue weighted by Gasteiger charge is -2.27. The maximum Gasteiger partial charge on any atom is 0.237 e. The Bertz CT molecular complexity index is 1310. The van der Waals surface area contributed by atoms with Crippen molar-refractivity contribution in [3.8, 4) is 29.0 Å². The van der Waals surface area contributed by atoms with E-state index in [1.54, 1.807) is 7.11 Å². The van der Waals surface area contributed by atoms with Crippen molar-refractivity contribution in [1.82, 2.24) is 15.3 Å². The van der Waals surface area contributed by atoms with Crippen molar-refractivity contribution in [2.24, 2.45) is 0 Å². The summed E-state index contributed by atoms with van der Waals surface area (Å²) < 4.78 is 11.6. The molecule has 0 saturated heterocycles. The van der Waals surface area contributed by atoms with Crippen LogP contribution in [0.3, 0.4) is 0 Å². The van der Waals surface area contributed by atoms with E-state index in [1.807, 2.05) is 48.7 Å². The third kappa shape index (κ3) is 4.47. The number of H-pyrrole nitrogens is 1. The molecule has 2 aromatic carbocycles. The van der Waals surface area contributed by atoms with Gasteiger partial charge in [0.15, 0.2) is 0 Å². The number of nitrogens with one attached hydrogen (secondary N) is 3. The molecule has 5 rings (SSSR count). The molecule has 0 aliphatic carbocycles. The van der Waals surface area contributed by atoms with Crippen LogP contribution in [0.5, 0.6) is 11.6 Å². The summed E-state index contributed by atoms with van der Waals surface area (Å²) in [6.45, 7) is 2.28. The molecule has 0 amide bonds. The van der Waals surface area contributed by atoms with Crippen LogP contribution < -0.4 is 20.1 Å². The average Bonchev–Trinajstić information content (AvgIpc) is 3.31. The summed E-state index contributed by atoms with van der Waals surface area (Å²) in [5.41, 5.74) is 5.79. The Balaban J connectivity index is 1.19. The van der Waals surface area contributed by atoms with Crippen molar-refractivity contribution in [3.63, 3.8) is 0 Å². The van der Waals surface area contributed by atoms with E-state index in [4.69, 9.17) is 14.7 Å². The molecule has 0 spiro atoms. The Morgan fingerprint density at radius 1 is 1.21 bits per heavy atom. The molecule has 0 fully saturated rings. The first-order valence-electron chi connectivity index (χ1n) is 11.0. The highest BCUT2D eigenvalue weighted by Gasteiger charge is 2.21. The van der Waals surface area contributed by atoms with E-state index < -0.39 is 0 Å². The second kappa shape index (κ2) is 9.23. The van der Waals surface area contributed by atoms with Crippen molar-refractivity contribution in [2.45, 2.75) is 12.5 Å². The molecule has 7 heteroatoms. The number of methoxy groups -OCH3 is 1. The van der Waals surface area contributed by atoms with Crippen molar-refractivity contribution >= 4 is 16.6 Å². The average molecular weight is 440 g/mol. The fourth-order valence-corrected chi connectivity index (χ4v) is 4.06. The molecule has 7 nitrogen and oxygen atoms in total. The number of fused-ring (bicyclic) bond motifs is 2. The standard InChI is InChI=1S/C26H25N5O2/c1-32-25-4-2-3-22-21(25)12-23(31-22)19-11-24-26(30-14-19)33-20(16-29-24)15-28-10-9-17-5-7-18(13-27)8-6-17/h2-8,11-12,14,20,28-29,31H,9-10,15-16H2,1H3. The summed E-state index contributed by atoms with van der Waals surface area (Å²) in [6, 6.07) is 20.0. The zero-order chi connectivity index (χ0) is 22.6. The molecule has 1 aliphatic rings. The second-order valence-electron chi connectivity index (χ2n) is 8.06. The molecule has 0 saturated carbocycles. The molecule has 0 bridgehead atoms. The predicted octanol–water partition coefficient (Wildman–Crippen LogP) is 4.12. The van der Waals surface area contributed by atoms with Crippen LogP contribution in [0.1, 0.15) is 11.1 Å². The molecule has 3 heterocycles. The number of aromatic nitrogens is 2. The third-order valence-corrected chi connectivity index (χ3v) is 5.85. The van der Waals surface area contributed by atoms with E-state index in [0.717, 1.165) is 53.1 Å². The first-order chi connectivity index (χ1) is 16.2. The van der Waals surface area contributed by atoms with Gasteiger partial charge in [-0.05, 0) is 54.9 Å². The van der Waals surface area contributed by atoms with Crippen LogP contribution >= 0.6 is 0 Å². The van der Waals surface area contributed by atoms with Crippen LogP contribution in [-0.4, -0.2) is 42.8 Å². The molecule has 33 heavy (non-hydrogen) atoms. The summed E-state index contributed by atoms with van der Waals surface area (Å²) in [4.78, 5) is 8.00. The summed E-state index contributed by atoms with van der Waals surface area (Å²) in [6.07, 6.45) is 2.74. The Kier molecular flexibility index (Phi) is 5.83. The molecule has 166 valence electrons. The van der Waals surface area contributed by atoms with Crippen LogP contribution in [0, 0.1) is 11.3 Å². The molecule has 1 unspecified atom stereocenters. The van der Waals surface area contributed by atoms with Crippen LogP contribution in [0.4, 0.5) is 5.69 Å². The summed E-state index contributed by atoms with van der Waals surface area (Å²) in [5, 5.41) is 16.8. The van der Waals surface area contributed by atoms with Gasteiger partial charge in [-0.3, -0.25) is 0 Å². The Hall–Kier alpha value is -4.02. The quantitative estimate of drug-likeness (QED) is 0.375. The maximum atomic E-state index is 8.89. The minimum atomic E-state index is 0.00847. The van der Waals surface area contributed by atoms with Crippen molar-refractivity contribution < 1.29 is 9.47 Å². The topological polar surface area (TPSA) is 95.0 Å². The molecule has 1 atom stereocenters. The van der Waals surface area contributed by atoms with E-state index in [-0.39, 0.29) is 6.10 Å². The van der Waals surface area contributed by atoms with Gasteiger partial charge in [0.2, 0.25) is 5.88 Å². The Morgan fingerprint density at radius 2 is 2.09 bits per heavy atom. The number of anilines is 1. The maximum absolute atomic E-state index is 8.89. The fraction of sp³-hybridized carbons (Fsp3) is 0.231. The largest absolute Gasteiger partial charge is 0.496 e. The van der Waals surface area contributed by atoms with Gasteiger partial charge in [0.05, 0.1) is 31.0 Å². The Labute approximate surface area is 192 Å². The van der Waals surface area contributed by atoms with Crippen LogP contribution in [0.25, 0.3) is 22.2 Å². The molecule has 0 radical (unpaired) electrons. The van der Waals surface area contributed by atoms with E-state index in [1.165, 1.54) is 5.56 Å². The van der Waals surface area contributed by atoms with Gasteiger partial charge < -0.3 is 25.1 Å². The smallest absolute Gasteiger partial charge is 0.237 e. The monoisotopic (exact) mass is 439 g/mol. The van der Waals surface area contributed by atoms with Gasteiger partial charge in [-0.25, -0.2) is 4.98 Å². The second-order valence-corrected chi connectivity index (χ2v) is 8.06. The van der Waals surface area contributed by atoms with Crippen molar-refractivity contribution in [2.75, 3.05) is 32.1 Å². The van der Waals surface area contributed by atoms with Gasteiger partial charge in [-0.2, -0.15) is 5.26 Å². The minimum Gasteiger partial charge on any atom is -0.496 e. The highest BCUT2D eigenvalue weighted by Crippen LogP contribution is 2.34. The van der Waals surface area contributed by atoms with E-state index in [2.05, 4.69) is 38.8 Å². The van der Waals surface area contributed by atoms with E-state index in [0.29, 0.717) is 18.0 Å². The molecule has 4 aromatic rings. The van der Waals surface area contributed by atoms with Gasteiger partial charge in [-0.15, -0.1) is 0 Å². The highest BCUT2D eigenvalue weighted by molar-refractivity contribution is 5.91. The SMILES string of the molecule is COc1cccc2[nH]c(-c3cnc4c(c3)NCC(CNCCc3ccc(C#N)cc3)O4)cc12. The first-order valence-corrected chi connectivity index (χ1v) is 11.0. The van der Waals surface area contributed by atoms with Gasteiger partial charge in [0.1, 0.15) is 11.9 Å².